The van der Waals surface area contributed by atoms with Crippen LogP contribution in [0.3, 0.4) is 0 Å². The Hall–Kier alpha value is -0.860. The summed E-state index contributed by atoms with van der Waals surface area (Å²) in [6.07, 6.45) is 6.59. The van der Waals surface area contributed by atoms with Crippen LogP contribution in [0.4, 0.5) is 0 Å². The van der Waals surface area contributed by atoms with Gasteiger partial charge in [0.1, 0.15) is 5.78 Å². The predicted molar refractivity (Wildman–Crippen MR) is 57.9 cm³/mol. The van der Waals surface area contributed by atoms with Crippen molar-refractivity contribution in [1.82, 2.24) is 0 Å². The van der Waals surface area contributed by atoms with Crippen LogP contribution in [0, 0.1) is 23.2 Å². The number of ketones is 1. The molecule has 4 aliphatic carbocycles. The van der Waals surface area contributed by atoms with Crippen LogP contribution in [-0.2, 0) is 9.59 Å². The summed E-state index contributed by atoms with van der Waals surface area (Å²) < 4.78 is 0. The van der Waals surface area contributed by atoms with Gasteiger partial charge in [0.15, 0.2) is 0 Å². The minimum atomic E-state index is -0.663. The number of carbonyl (C=O) groups is 2. The van der Waals surface area contributed by atoms with Gasteiger partial charge in [0.05, 0.1) is 5.92 Å². The molecule has 0 heterocycles. The molecule has 4 atom stereocenters. The van der Waals surface area contributed by atoms with E-state index in [9.17, 15) is 14.7 Å². The van der Waals surface area contributed by atoms with Gasteiger partial charge >= 0.3 is 5.97 Å². The molecule has 3 heteroatoms. The summed E-state index contributed by atoms with van der Waals surface area (Å²) in [5.41, 5.74) is -0.157. The minimum absolute atomic E-state index is 0.0612. The Morgan fingerprint density at radius 2 is 2.12 bits per heavy atom. The predicted octanol–water partition coefficient (Wildman–Crippen LogP) is 2.25. The first-order valence-electron chi connectivity index (χ1n) is 6.39. The van der Waals surface area contributed by atoms with E-state index < -0.39 is 5.97 Å². The summed E-state index contributed by atoms with van der Waals surface area (Å²) in [4.78, 5) is 23.3. The molecule has 0 aromatic heterocycles. The number of carboxylic acid groups (broad SMARTS) is 1. The lowest BCUT2D eigenvalue weighted by Crippen LogP contribution is -2.56. The molecule has 1 N–H and O–H groups in total. The third-order valence-corrected chi connectivity index (χ3v) is 5.30. The van der Waals surface area contributed by atoms with E-state index in [1.165, 1.54) is 6.42 Å². The van der Waals surface area contributed by atoms with Gasteiger partial charge in [-0.15, -0.1) is 0 Å². The highest BCUT2D eigenvalue weighted by atomic mass is 16.4. The molecule has 0 amide bonds. The number of hydrogen-bond acceptors (Lipinski definition) is 2. The summed E-state index contributed by atoms with van der Waals surface area (Å²) in [6.45, 7) is 0. The molecule has 4 aliphatic rings. The Labute approximate surface area is 95.2 Å². The van der Waals surface area contributed by atoms with E-state index in [0.29, 0.717) is 24.5 Å². The second-order valence-electron chi connectivity index (χ2n) is 5.88. The van der Waals surface area contributed by atoms with Crippen molar-refractivity contribution in [3.8, 4) is 0 Å². The number of carboxylic acids is 1. The molecule has 2 bridgehead atoms. The third-order valence-electron chi connectivity index (χ3n) is 5.30. The smallest absolute Gasteiger partial charge is 0.307 e. The van der Waals surface area contributed by atoms with E-state index in [2.05, 4.69) is 0 Å². The Kier molecular flexibility index (Phi) is 2.13. The Bertz CT molecular complexity index is 349. The molecule has 16 heavy (non-hydrogen) atoms. The lowest BCUT2D eigenvalue weighted by atomic mass is 9.46. The molecule has 4 rings (SSSR count). The van der Waals surface area contributed by atoms with E-state index in [4.69, 9.17) is 0 Å². The second kappa shape index (κ2) is 3.31. The molecule has 0 aliphatic heterocycles. The van der Waals surface area contributed by atoms with Gasteiger partial charge in [-0.3, -0.25) is 9.59 Å². The van der Waals surface area contributed by atoms with Crippen molar-refractivity contribution in [3.05, 3.63) is 0 Å². The summed E-state index contributed by atoms with van der Waals surface area (Å²) in [7, 11) is 0. The number of aliphatic carboxylic acids is 1. The maximum Gasteiger partial charge on any atom is 0.307 e. The first-order valence-corrected chi connectivity index (χ1v) is 6.39. The van der Waals surface area contributed by atoms with Crippen LogP contribution in [0.15, 0.2) is 0 Å². The van der Waals surface area contributed by atoms with Gasteiger partial charge in [-0.2, -0.15) is 0 Å². The molecule has 1 spiro atoms. The first kappa shape index (κ1) is 10.3. The van der Waals surface area contributed by atoms with E-state index in [1.807, 2.05) is 0 Å². The molecule has 0 saturated heterocycles. The van der Waals surface area contributed by atoms with Gasteiger partial charge in [0.25, 0.3) is 0 Å². The van der Waals surface area contributed by atoms with Crippen LogP contribution >= 0.6 is 0 Å². The molecule has 0 radical (unpaired) electrons. The molecule has 4 saturated carbocycles. The molecule has 88 valence electrons. The standard InChI is InChI=1S/C13H18O3/c14-11-7-13-4-2-1-3-9(13)5-8(11)6-10(13)12(15)16/h8-10H,1-7H2,(H,15,16)/t8-,9+,10+,13+/m1/s1. The fourth-order valence-electron chi connectivity index (χ4n) is 4.54. The van der Waals surface area contributed by atoms with Crippen LogP contribution in [0.25, 0.3) is 0 Å². The highest BCUT2D eigenvalue weighted by Gasteiger charge is 2.59. The zero-order valence-electron chi connectivity index (χ0n) is 9.45. The summed E-state index contributed by atoms with van der Waals surface area (Å²) in [5, 5.41) is 9.37. The quantitative estimate of drug-likeness (QED) is 0.740. The van der Waals surface area contributed by atoms with Gasteiger partial charge in [0, 0.05) is 12.3 Å². The van der Waals surface area contributed by atoms with E-state index in [1.54, 1.807) is 0 Å². The average Bonchev–Trinajstić information content (AvgIpc) is 2.26. The summed E-state index contributed by atoms with van der Waals surface area (Å²) in [5.74, 6) is 0.0128. The lowest BCUT2D eigenvalue weighted by Gasteiger charge is -2.57. The van der Waals surface area contributed by atoms with Crippen LogP contribution < -0.4 is 0 Å². The van der Waals surface area contributed by atoms with Gasteiger partial charge in [-0.05, 0) is 37.0 Å². The van der Waals surface area contributed by atoms with Crippen LogP contribution in [0.2, 0.25) is 0 Å². The summed E-state index contributed by atoms with van der Waals surface area (Å²) in [6, 6.07) is 0. The molecular weight excluding hydrogens is 204 g/mol. The fraction of sp³-hybridized carbons (Fsp3) is 0.846. The molecule has 4 fully saturated rings. The SMILES string of the molecule is O=C1C[C@@]23CCCC[C@H]2C[C@@H]1C[C@H]3C(=O)O. The van der Waals surface area contributed by atoms with Crippen LogP contribution in [0.1, 0.15) is 44.9 Å². The van der Waals surface area contributed by atoms with Crippen molar-refractivity contribution in [2.75, 3.05) is 0 Å². The zero-order chi connectivity index (χ0) is 11.3. The van der Waals surface area contributed by atoms with Crippen molar-refractivity contribution < 1.29 is 14.7 Å². The monoisotopic (exact) mass is 222 g/mol. The van der Waals surface area contributed by atoms with Crippen molar-refractivity contribution >= 4 is 11.8 Å². The lowest BCUT2D eigenvalue weighted by molar-refractivity contribution is -0.169. The van der Waals surface area contributed by atoms with E-state index >= 15 is 0 Å². The fourth-order valence-corrected chi connectivity index (χ4v) is 4.54. The molecule has 0 aromatic carbocycles. The largest absolute Gasteiger partial charge is 0.481 e. The number of Topliss-reactive ketones (excluding diaryl/α,β-unsaturated/α-hetero) is 1. The van der Waals surface area contributed by atoms with Gasteiger partial charge in [-0.25, -0.2) is 0 Å². The molecule has 0 aromatic rings. The Balaban J connectivity index is 2.00. The maximum atomic E-state index is 11.9. The number of hydrogen-bond donors (Lipinski definition) is 1. The van der Waals surface area contributed by atoms with Crippen molar-refractivity contribution in [1.29, 1.82) is 0 Å². The molecule has 0 unspecified atom stereocenters. The van der Waals surface area contributed by atoms with Crippen LogP contribution in [-0.4, -0.2) is 16.9 Å². The average molecular weight is 222 g/mol. The number of carbonyl (C=O) groups excluding carboxylic acids is 1. The van der Waals surface area contributed by atoms with E-state index in [-0.39, 0.29) is 17.3 Å². The van der Waals surface area contributed by atoms with Crippen molar-refractivity contribution in [2.24, 2.45) is 23.2 Å². The van der Waals surface area contributed by atoms with Crippen molar-refractivity contribution in [3.63, 3.8) is 0 Å². The second-order valence-corrected chi connectivity index (χ2v) is 5.88. The highest BCUT2D eigenvalue weighted by molar-refractivity contribution is 5.87. The normalized spacial score (nSPS) is 46.5. The molecule has 3 nitrogen and oxygen atoms in total. The summed E-state index contributed by atoms with van der Waals surface area (Å²) >= 11 is 0. The topological polar surface area (TPSA) is 54.4 Å². The Morgan fingerprint density at radius 3 is 2.88 bits per heavy atom. The minimum Gasteiger partial charge on any atom is -0.481 e. The first-order chi connectivity index (χ1) is 7.63. The third kappa shape index (κ3) is 1.20. The highest BCUT2D eigenvalue weighted by Crippen LogP contribution is 2.61. The van der Waals surface area contributed by atoms with Crippen LogP contribution in [0.5, 0.6) is 0 Å². The van der Waals surface area contributed by atoms with Gasteiger partial charge in [-0.1, -0.05) is 12.8 Å². The number of fused-ring (bicyclic) bond motifs is 2. The Morgan fingerprint density at radius 1 is 1.31 bits per heavy atom. The number of rotatable bonds is 1. The van der Waals surface area contributed by atoms with Gasteiger partial charge in [0.2, 0.25) is 0 Å². The van der Waals surface area contributed by atoms with Crippen molar-refractivity contribution in [2.45, 2.75) is 44.9 Å². The molecular formula is C13H18O3. The van der Waals surface area contributed by atoms with Gasteiger partial charge < -0.3 is 5.11 Å². The maximum absolute atomic E-state index is 11.9. The van der Waals surface area contributed by atoms with E-state index in [0.717, 1.165) is 25.7 Å². The zero-order valence-corrected chi connectivity index (χ0v) is 9.45.